The largest absolute Gasteiger partial charge is 0.391 e. The van der Waals surface area contributed by atoms with Gasteiger partial charge in [-0.15, -0.1) is 0 Å². The van der Waals surface area contributed by atoms with Crippen LogP contribution >= 0.6 is 11.8 Å². The highest BCUT2D eigenvalue weighted by Gasteiger charge is 2.36. The maximum absolute atomic E-state index is 13.6. The summed E-state index contributed by atoms with van der Waals surface area (Å²) in [6, 6.07) is -2.86. The lowest BCUT2D eigenvalue weighted by Crippen LogP contribution is -2.63. The van der Waals surface area contributed by atoms with E-state index in [1.54, 1.807) is 13.8 Å². The van der Waals surface area contributed by atoms with E-state index in [1.807, 2.05) is 0 Å². The Morgan fingerprint density at radius 1 is 0.893 bits per heavy atom. The number of quaternary nitrogens is 1. The third-order valence-corrected chi connectivity index (χ3v) is 10.0. The second kappa shape index (κ2) is 23.3. The Kier molecular flexibility index (Phi) is 19.6. The van der Waals surface area contributed by atoms with Crippen LogP contribution in [0, 0.1) is 16.0 Å². The van der Waals surface area contributed by atoms with Crippen LogP contribution in [0.1, 0.15) is 65.4 Å². The number of nitro groups is 1. The summed E-state index contributed by atoms with van der Waals surface area (Å²) >= 11 is 1.40. The van der Waals surface area contributed by atoms with Crippen molar-refractivity contribution in [2.75, 3.05) is 18.1 Å². The average Bonchev–Trinajstić information content (AvgIpc) is 3.13. The van der Waals surface area contributed by atoms with Crippen molar-refractivity contribution in [2.45, 2.75) is 115 Å². The van der Waals surface area contributed by atoms with E-state index in [2.05, 4.69) is 37.6 Å². The number of hydrogen-bond donors (Lipinski definition) is 10. The molecular weight excluding hydrogens is 755 g/mol. The van der Waals surface area contributed by atoms with Gasteiger partial charge in [0.2, 0.25) is 41.4 Å². The van der Waals surface area contributed by atoms with Gasteiger partial charge in [-0.2, -0.15) is 11.8 Å². The van der Waals surface area contributed by atoms with Crippen molar-refractivity contribution in [3.63, 3.8) is 0 Å². The van der Waals surface area contributed by atoms with Crippen molar-refractivity contribution in [1.29, 1.82) is 0 Å². The van der Waals surface area contributed by atoms with E-state index in [0.29, 0.717) is 24.3 Å². The molecule has 1 saturated heterocycles. The van der Waals surface area contributed by atoms with Crippen LogP contribution < -0.4 is 43.4 Å². The maximum Gasteiger partial charge on any atom is 0.269 e. The summed E-state index contributed by atoms with van der Waals surface area (Å²) in [5.74, 6) is -5.41. The summed E-state index contributed by atoms with van der Waals surface area (Å²) in [5.41, 5.74) is 9.48. The molecule has 0 aromatic heterocycles. The molecule has 1 aromatic rings. The summed E-state index contributed by atoms with van der Waals surface area (Å²) in [7, 11) is 0. The van der Waals surface area contributed by atoms with Gasteiger partial charge in [-0.3, -0.25) is 43.7 Å². The normalized spacial score (nSPS) is 20.1. The molecule has 7 amide bonds. The fraction of sp³-hybridized carbons (Fsp3) is 0.629. The summed E-state index contributed by atoms with van der Waals surface area (Å²) in [6.07, 6.45) is -0.488. The average molecular weight is 811 g/mol. The van der Waals surface area contributed by atoms with Crippen LogP contribution in [0.2, 0.25) is 0 Å². The summed E-state index contributed by atoms with van der Waals surface area (Å²) in [6.45, 7) is 5.93. The van der Waals surface area contributed by atoms with Crippen molar-refractivity contribution < 1.29 is 54.4 Å². The smallest absolute Gasteiger partial charge is 0.269 e. The van der Waals surface area contributed by atoms with Crippen LogP contribution in [-0.2, 0) is 40.0 Å². The Labute approximate surface area is 328 Å². The van der Waals surface area contributed by atoms with Crippen LogP contribution in [0.3, 0.4) is 0 Å². The minimum Gasteiger partial charge on any atom is -0.391 e. The number of aliphatic hydroxyl groups is 2. The highest BCUT2D eigenvalue weighted by molar-refractivity contribution is 7.99. The van der Waals surface area contributed by atoms with Gasteiger partial charge >= 0.3 is 0 Å². The number of rotatable bonds is 17. The number of nitro benzene ring substituents is 1. The zero-order valence-corrected chi connectivity index (χ0v) is 32.9. The number of nitrogens with two attached hydrogens (primary N) is 1. The predicted molar refractivity (Wildman–Crippen MR) is 204 cm³/mol. The molecule has 21 heteroatoms. The molecule has 13 N–H and O–H groups in total. The molecule has 0 spiro atoms. The van der Waals surface area contributed by atoms with E-state index in [0.717, 1.165) is 12.8 Å². The molecule has 1 aromatic carbocycles. The monoisotopic (exact) mass is 810 g/mol. The number of aliphatic hydroxyl groups excluding tert-OH is 2. The van der Waals surface area contributed by atoms with Crippen LogP contribution in [0.25, 0.3) is 0 Å². The second-order valence-electron chi connectivity index (χ2n) is 14.0. The van der Waals surface area contributed by atoms with Gasteiger partial charge in [-0.05, 0) is 43.9 Å². The first-order valence-corrected chi connectivity index (χ1v) is 19.6. The molecule has 312 valence electrons. The molecule has 0 aliphatic carbocycles. The number of benzene rings is 1. The molecule has 1 heterocycles. The number of thioether (sulfide) groups is 1. The minimum absolute atomic E-state index is 0.126. The second-order valence-corrected chi connectivity index (χ2v) is 15.1. The van der Waals surface area contributed by atoms with E-state index >= 15 is 0 Å². The quantitative estimate of drug-likeness (QED) is 0.0552. The first-order valence-electron chi connectivity index (χ1n) is 18.4. The molecule has 8 atom stereocenters. The molecule has 1 fully saturated rings. The van der Waals surface area contributed by atoms with Gasteiger partial charge in [-0.25, -0.2) is 0 Å². The summed E-state index contributed by atoms with van der Waals surface area (Å²) < 4.78 is 0. The lowest BCUT2D eigenvalue weighted by atomic mass is 10.0. The highest BCUT2D eigenvalue weighted by Crippen LogP contribution is 2.15. The highest BCUT2D eigenvalue weighted by atomic mass is 32.2. The predicted octanol–water partition coefficient (Wildman–Crippen LogP) is -3.11. The van der Waals surface area contributed by atoms with E-state index in [-0.39, 0.29) is 36.6 Å². The molecule has 56 heavy (non-hydrogen) atoms. The van der Waals surface area contributed by atoms with Crippen LogP contribution in [0.5, 0.6) is 0 Å². The fourth-order valence-electron chi connectivity index (χ4n) is 5.62. The Hall–Kier alpha value is -4.86. The number of hydrogen-bond acceptors (Lipinski definition) is 12. The van der Waals surface area contributed by atoms with Crippen molar-refractivity contribution in [1.82, 2.24) is 31.9 Å². The molecule has 0 radical (unpaired) electrons. The molecule has 20 nitrogen and oxygen atoms in total. The molecule has 1 aliphatic heterocycles. The number of carbonyl (C=O) groups is 7. The van der Waals surface area contributed by atoms with Crippen LogP contribution in [-0.4, -0.2) is 123 Å². The van der Waals surface area contributed by atoms with Crippen molar-refractivity contribution in [3.8, 4) is 0 Å². The van der Waals surface area contributed by atoms with Gasteiger partial charge < -0.3 is 53.6 Å². The number of carbonyl (C=O) groups excluding carboxylic acids is 7. The number of primary amides is 1. The number of non-ortho nitro benzene ring substituents is 1. The van der Waals surface area contributed by atoms with Crippen LogP contribution in [0.4, 0.5) is 5.69 Å². The van der Waals surface area contributed by atoms with Gasteiger partial charge in [0, 0.05) is 37.1 Å². The number of amides is 7. The SMILES string of the molecule is CC(C)[C@H](NC(=O)[C@@H](NC(=O)[C@@H]1CSCCCCCC(=O)N[C@@H](CC[NH3+])C(=O)N1)[C@@H](C)O)C(=O)N[C@H](C(=O)N[C@@H](Cc1ccc([N+](=O)[O-])cc1)C(N)=O)[C@@H](C)O. The Morgan fingerprint density at radius 2 is 1.46 bits per heavy atom. The Bertz CT molecular complexity index is 1540. The third kappa shape index (κ3) is 15.3. The molecule has 1 aliphatic rings. The third-order valence-electron chi connectivity index (χ3n) is 8.87. The zero-order valence-electron chi connectivity index (χ0n) is 32.1. The molecule has 0 saturated carbocycles. The Balaban J connectivity index is 2.20. The van der Waals surface area contributed by atoms with Gasteiger partial charge in [0.25, 0.3) is 5.69 Å². The number of nitrogens with zero attached hydrogens (tertiary/aromatic N) is 1. The lowest BCUT2D eigenvalue weighted by molar-refractivity contribution is -0.384. The van der Waals surface area contributed by atoms with E-state index < -0.39 is 94.7 Å². The molecule has 0 bridgehead atoms. The molecule has 2 rings (SSSR count). The van der Waals surface area contributed by atoms with Gasteiger partial charge in [0.05, 0.1) is 23.7 Å². The topological polar surface area (TPSA) is 329 Å². The first kappa shape index (κ1) is 47.3. The maximum atomic E-state index is 13.6. The standard InChI is InChI=1S/C35H55N9O11S/c1-18(2)27(33(51)43-28(19(3)45)34(52)39-24(30(37)48)16-21-9-11-22(12-10-21)44(54)55)41-35(53)29(20(4)46)42-32(50)25-17-56-15-7-5-6-8-26(47)38-23(13-14-36)31(49)40-25/h9-12,18-20,23-25,27-29,45-46H,5-8,13-17,36H2,1-4H3,(H2,37,48)(H,38,47)(H,39,52)(H,40,49)(H,41,53)(H,42,50)(H,43,51)/p+1/t19-,20-,23+,24+,25+,27+,28+,29+/m1/s1. The summed E-state index contributed by atoms with van der Waals surface area (Å²) in [4.78, 5) is 102. The summed E-state index contributed by atoms with van der Waals surface area (Å²) in [5, 5.41) is 47.1. The van der Waals surface area contributed by atoms with E-state index in [4.69, 9.17) is 5.73 Å². The van der Waals surface area contributed by atoms with Crippen molar-refractivity contribution in [3.05, 3.63) is 39.9 Å². The zero-order chi connectivity index (χ0) is 42.1. The van der Waals surface area contributed by atoms with Gasteiger partial charge in [0.15, 0.2) is 0 Å². The Morgan fingerprint density at radius 3 is 2.02 bits per heavy atom. The fourth-order valence-corrected chi connectivity index (χ4v) is 6.67. The first-order chi connectivity index (χ1) is 26.4. The molecular formula is C35H56N9O11S+. The van der Waals surface area contributed by atoms with Gasteiger partial charge in [-0.1, -0.05) is 32.4 Å². The van der Waals surface area contributed by atoms with Gasteiger partial charge in [0.1, 0.15) is 36.3 Å². The van der Waals surface area contributed by atoms with Crippen molar-refractivity contribution >= 4 is 58.8 Å². The molecule has 0 unspecified atom stereocenters. The van der Waals surface area contributed by atoms with E-state index in [9.17, 15) is 53.9 Å². The lowest BCUT2D eigenvalue weighted by Gasteiger charge is -2.30. The minimum atomic E-state index is -1.64. The van der Waals surface area contributed by atoms with Crippen molar-refractivity contribution in [2.24, 2.45) is 11.7 Å². The number of nitrogens with one attached hydrogen (secondary N) is 6. The van der Waals surface area contributed by atoms with Crippen LogP contribution in [0.15, 0.2) is 24.3 Å². The van der Waals surface area contributed by atoms with E-state index in [1.165, 1.54) is 49.9 Å².